The third-order valence-electron chi connectivity index (χ3n) is 5.62. The van der Waals surface area contributed by atoms with E-state index in [2.05, 4.69) is 0 Å². The zero-order chi connectivity index (χ0) is 18.5. The molecule has 0 radical (unpaired) electrons. The fraction of sp³-hybridized carbons (Fsp3) is 0.333. The summed E-state index contributed by atoms with van der Waals surface area (Å²) in [6.07, 6.45) is 0.633. The Labute approximate surface area is 153 Å². The summed E-state index contributed by atoms with van der Waals surface area (Å²) in [5.41, 5.74) is 2.92. The minimum atomic E-state index is -0.669. The lowest BCUT2D eigenvalue weighted by Crippen LogP contribution is -2.42. The molecule has 4 rings (SSSR count). The highest BCUT2D eigenvalue weighted by atomic mass is 16.5. The van der Waals surface area contributed by atoms with Crippen molar-refractivity contribution in [2.45, 2.75) is 18.8 Å². The summed E-state index contributed by atoms with van der Waals surface area (Å²) in [5, 5.41) is 0. The van der Waals surface area contributed by atoms with Gasteiger partial charge in [-0.1, -0.05) is 17.7 Å². The van der Waals surface area contributed by atoms with Crippen molar-refractivity contribution in [3.63, 3.8) is 0 Å². The second-order valence-corrected chi connectivity index (χ2v) is 7.18. The van der Waals surface area contributed by atoms with Gasteiger partial charge in [0, 0.05) is 31.4 Å². The molecule has 0 N–H and O–H groups in total. The number of carbonyl (C=O) groups excluding carboxylic acids is 2. The predicted octanol–water partition coefficient (Wildman–Crippen LogP) is 2.76. The maximum absolute atomic E-state index is 13.1. The van der Waals surface area contributed by atoms with Crippen LogP contribution in [0, 0.1) is 6.92 Å². The van der Waals surface area contributed by atoms with Crippen molar-refractivity contribution < 1.29 is 14.3 Å². The van der Waals surface area contributed by atoms with Gasteiger partial charge in [-0.25, -0.2) is 0 Å². The first-order chi connectivity index (χ1) is 12.5. The number of nitrogens with zero attached hydrogens (tertiary/aromatic N) is 2. The molecule has 2 aliphatic rings. The van der Waals surface area contributed by atoms with Gasteiger partial charge in [0.1, 0.15) is 5.75 Å². The maximum atomic E-state index is 13.1. The fourth-order valence-electron chi connectivity index (χ4n) is 4.20. The molecule has 2 aliphatic heterocycles. The highest BCUT2D eigenvalue weighted by molar-refractivity contribution is 6.09. The molecule has 1 saturated heterocycles. The van der Waals surface area contributed by atoms with Gasteiger partial charge in [-0.2, -0.15) is 0 Å². The van der Waals surface area contributed by atoms with E-state index in [4.69, 9.17) is 4.74 Å². The average Bonchev–Trinajstić information content (AvgIpc) is 3.19. The number of hydrogen-bond donors (Lipinski definition) is 0. The number of amides is 2. The second kappa shape index (κ2) is 5.87. The summed E-state index contributed by atoms with van der Waals surface area (Å²) in [5.74, 6) is 0.771. The number of aryl methyl sites for hydroxylation is 1. The van der Waals surface area contributed by atoms with Gasteiger partial charge in [0.25, 0.3) is 5.91 Å². The van der Waals surface area contributed by atoms with Crippen molar-refractivity contribution in [1.82, 2.24) is 4.90 Å². The molecule has 2 heterocycles. The van der Waals surface area contributed by atoms with E-state index in [1.807, 2.05) is 49.4 Å². The van der Waals surface area contributed by atoms with Crippen molar-refractivity contribution in [3.05, 3.63) is 59.2 Å². The molecule has 2 aromatic carbocycles. The summed E-state index contributed by atoms with van der Waals surface area (Å²) in [6, 6.07) is 13.3. The van der Waals surface area contributed by atoms with Gasteiger partial charge >= 0.3 is 0 Å². The van der Waals surface area contributed by atoms with Gasteiger partial charge in [-0.15, -0.1) is 0 Å². The minimum Gasteiger partial charge on any atom is -0.497 e. The number of likely N-dealkylation sites (tertiary alicyclic amines) is 1. The van der Waals surface area contributed by atoms with Crippen molar-refractivity contribution >= 4 is 17.5 Å². The van der Waals surface area contributed by atoms with Gasteiger partial charge in [-0.05, 0) is 49.2 Å². The number of likely N-dealkylation sites (N-methyl/N-ethyl adjacent to an activating group) is 1. The van der Waals surface area contributed by atoms with Crippen molar-refractivity contribution in [2.75, 3.05) is 32.1 Å². The van der Waals surface area contributed by atoms with E-state index in [-0.39, 0.29) is 11.8 Å². The van der Waals surface area contributed by atoms with Gasteiger partial charge in [-0.3, -0.25) is 9.59 Å². The Kier molecular flexibility index (Phi) is 3.75. The molecule has 0 saturated carbocycles. The Balaban J connectivity index is 1.69. The second-order valence-electron chi connectivity index (χ2n) is 7.18. The van der Waals surface area contributed by atoms with Crippen molar-refractivity contribution in [3.8, 4) is 5.75 Å². The maximum Gasteiger partial charge on any atom is 0.253 e. The number of fused-ring (bicyclic) bond motifs is 2. The van der Waals surface area contributed by atoms with E-state index in [1.54, 1.807) is 24.0 Å². The van der Waals surface area contributed by atoms with E-state index in [0.717, 1.165) is 22.6 Å². The zero-order valence-electron chi connectivity index (χ0n) is 15.3. The number of rotatable bonds is 2. The lowest BCUT2D eigenvalue weighted by Gasteiger charge is -2.23. The van der Waals surface area contributed by atoms with Crippen LogP contribution in [0.5, 0.6) is 5.75 Å². The van der Waals surface area contributed by atoms with Crippen LogP contribution in [0.1, 0.15) is 27.9 Å². The minimum absolute atomic E-state index is 0.0163. The van der Waals surface area contributed by atoms with Gasteiger partial charge in [0.2, 0.25) is 5.91 Å². The van der Waals surface area contributed by atoms with Crippen LogP contribution in [0.4, 0.5) is 5.69 Å². The summed E-state index contributed by atoms with van der Waals surface area (Å²) < 4.78 is 5.36. The molecule has 2 amide bonds. The first-order valence-electron chi connectivity index (χ1n) is 8.79. The van der Waals surface area contributed by atoms with Crippen LogP contribution in [0.2, 0.25) is 0 Å². The third kappa shape index (κ3) is 2.30. The lowest BCUT2D eigenvalue weighted by molar-refractivity contribution is -0.122. The Hall–Kier alpha value is -2.82. The smallest absolute Gasteiger partial charge is 0.253 e. The molecule has 0 bridgehead atoms. The fourth-order valence-corrected chi connectivity index (χ4v) is 4.20. The normalized spacial score (nSPS) is 21.4. The lowest BCUT2D eigenvalue weighted by atomic mass is 9.81. The number of methoxy groups -OCH3 is 1. The zero-order valence-corrected chi connectivity index (χ0v) is 15.3. The summed E-state index contributed by atoms with van der Waals surface area (Å²) in [6.45, 7) is 2.95. The number of benzene rings is 2. The molecular formula is C21H22N2O3. The monoisotopic (exact) mass is 350 g/mol. The van der Waals surface area contributed by atoms with Crippen molar-refractivity contribution in [2.24, 2.45) is 0 Å². The summed E-state index contributed by atoms with van der Waals surface area (Å²) in [4.78, 5) is 29.5. The van der Waals surface area contributed by atoms with Crippen LogP contribution in [0.15, 0.2) is 42.5 Å². The van der Waals surface area contributed by atoms with Crippen LogP contribution in [0.25, 0.3) is 0 Å². The third-order valence-corrected chi connectivity index (χ3v) is 5.62. The van der Waals surface area contributed by atoms with E-state index in [9.17, 15) is 9.59 Å². The largest absolute Gasteiger partial charge is 0.497 e. The molecule has 134 valence electrons. The molecule has 1 atom stereocenters. The van der Waals surface area contributed by atoms with Crippen LogP contribution < -0.4 is 9.64 Å². The Bertz CT molecular complexity index is 908. The Morgan fingerprint density at radius 2 is 2.00 bits per heavy atom. The molecule has 1 spiro atoms. The van der Waals surface area contributed by atoms with Crippen LogP contribution in [-0.2, 0) is 10.2 Å². The number of anilines is 1. The molecule has 5 nitrogen and oxygen atoms in total. The first kappa shape index (κ1) is 16.6. The Morgan fingerprint density at radius 3 is 2.73 bits per heavy atom. The standard InChI is InChI=1S/C21H22N2O3/c1-14-5-4-6-15(11-14)19(24)23-10-9-21(13-23)17-12-16(26-3)7-8-18(17)22(2)20(21)25/h4-8,11-12H,9-10,13H2,1-3H3/t21-/m1/s1. The van der Waals surface area contributed by atoms with Gasteiger partial charge in [0.15, 0.2) is 0 Å². The first-order valence-corrected chi connectivity index (χ1v) is 8.79. The van der Waals surface area contributed by atoms with E-state index < -0.39 is 5.41 Å². The molecule has 0 unspecified atom stereocenters. The number of hydrogen-bond acceptors (Lipinski definition) is 3. The van der Waals surface area contributed by atoms with E-state index in [1.165, 1.54) is 0 Å². The topological polar surface area (TPSA) is 49.9 Å². The van der Waals surface area contributed by atoms with Gasteiger partial charge in [0.05, 0.1) is 12.5 Å². The van der Waals surface area contributed by atoms with Crippen LogP contribution in [-0.4, -0.2) is 44.0 Å². The molecule has 26 heavy (non-hydrogen) atoms. The molecule has 0 aromatic heterocycles. The number of carbonyl (C=O) groups is 2. The van der Waals surface area contributed by atoms with E-state index >= 15 is 0 Å². The van der Waals surface area contributed by atoms with Crippen LogP contribution in [0.3, 0.4) is 0 Å². The SMILES string of the molecule is COc1ccc2c(c1)[C@]1(CCN(C(=O)c3cccc(C)c3)C1)C(=O)N2C. The molecule has 0 aliphatic carbocycles. The molecular weight excluding hydrogens is 328 g/mol. The Morgan fingerprint density at radius 1 is 1.19 bits per heavy atom. The predicted molar refractivity (Wildman–Crippen MR) is 99.8 cm³/mol. The number of ether oxygens (including phenoxy) is 1. The summed E-state index contributed by atoms with van der Waals surface area (Å²) >= 11 is 0. The molecule has 5 heteroatoms. The van der Waals surface area contributed by atoms with Gasteiger partial charge < -0.3 is 14.5 Å². The highest BCUT2D eigenvalue weighted by Gasteiger charge is 2.54. The van der Waals surface area contributed by atoms with E-state index in [0.29, 0.717) is 25.1 Å². The molecule has 1 fully saturated rings. The molecule has 2 aromatic rings. The van der Waals surface area contributed by atoms with Crippen LogP contribution >= 0.6 is 0 Å². The van der Waals surface area contributed by atoms with Crippen molar-refractivity contribution in [1.29, 1.82) is 0 Å². The average molecular weight is 350 g/mol. The quantitative estimate of drug-likeness (QED) is 0.837. The highest BCUT2D eigenvalue weighted by Crippen LogP contribution is 2.48. The summed E-state index contributed by atoms with van der Waals surface area (Å²) in [7, 11) is 3.42.